The van der Waals surface area contributed by atoms with E-state index in [2.05, 4.69) is 36.3 Å². The van der Waals surface area contributed by atoms with Crippen molar-refractivity contribution in [1.29, 1.82) is 5.26 Å². The molecule has 1 aliphatic rings. The third-order valence-corrected chi connectivity index (χ3v) is 5.59. The zero-order chi connectivity index (χ0) is 23.1. The van der Waals surface area contributed by atoms with Crippen molar-refractivity contribution in [2.75, 3.05) is 25.0 Å². The Labute approximate surface area is 188 Å². The van der Waals surface area contributed by atoms with Crippen LogP contribution in [0.3, 0.4) is 0 Å². The molecule has 0 saturated carbocycles. The normalized spacial score (nSPS) is 16.6. The summed E-state index contributed by atoms with van der Waals surface area (Å²) in [5, 5.41) is 14.9. The molecule has 0 bridgehead atoms. The number of hydrogen-bond donors (Lipinski definition) is 2. The van der Waals surface area contributed by atoms with Gasteiger partial charge in [-0.25, -0.2) is 14.2 Å². The second-order valence-electron chi connectivity index (χ2n) is 8.05. The number of piperazine rings is 1. The predicted octanol–water partition coefficient (Wildman–Crippen LogP) is 4.32. The summed E-state index contributed by atoms with van der Waals surface area (Å²) in [4.78, 5) is 21.4. The van der Waals surface area contributed by atoms with Crippen molar-refractivity contribution in [1.82, 2.24) is 15.1 Å². The Bertz CT molecular complexity index is 1020. The number of carbonyl (C=O) groups excluding carboxylic acids is 1. The standard InChI is InChI=1S/C24H29FN6O/c1-4-18-8-5-6-11-21(18)29-23(27-16-26)31-13-12-30(15-22(31)17(2)3)24(32)28-20-10-7-9-19(25)14-20/h5-11,14,17,22H,4,12-13,15H2,1-3H3,(H,27,29)(H,28,32). The van der Waals surface area contributed by atoms with Gasteiger partial charge in [0.1, 0.15) is 5.82 Å². The van der Waals surface area contributed by atoms with Gasteiger partial charge in [-0.3, -0.25) is 5.32 Å². The summed E-state index contributed by atoms with van der Waals surface area (Å²) in [6.45, 7) is 7.65. The molecule has 1 saturated heterocycles. The van der Waals surface area contributed by atoms with Crippen LogP contribution < -0.4 is 10.6 Å². The Morgan fingerprint density at radius 2 is 2.03 bits per heavy atom. The van der Waals surface area contributed by atoms with Crippen LogP contribution in [0, 0.1) is 23.2 Å². The maximum Gasteiger partial charge on any atom is 0.321 e. The van der Waals surface area contributed by atoms with Crippen molar-refractivity contribution >= 4 is 23.4 Å². The average molecular weight is 437 g/mol. The van der Waals surface area contributed by atoms with Crippen molar-refractivity contribution in [3.8, 4) is 6.19 Å². The van der Waals surface area contributed by atoms with Gasteiger partial charge in [-0.2, -0.15) is 5.26 Å². The second kappa shape index (κ2) is 10.6. The smallest absolute Gasteiger partial charge is 0.321 e. The minimum absolute atomic E-state index is 0.0459. The number of amides is 2. The highest BCUT2D eigenvalue weighted by molar-refractivity contribution is 5.90. The summed E-state index contributed by atoms with van der Waals surface area (Å²) < 4.78 is 13.5. The number of halogens is 1. The Morgan fingerprint density at radius 1 is 1.25 bits per heavy atom. The van der Waals surface area contributed by atoms with E-state index in [-0.39, 0.29) is 18.0 Å². The zero-order valence-electron chi connectivity index (χ0n) is 18.7. The molecule has 2 amide bonds. The van der Waals surface area contributed by atoms with Crippen molar-refractivity contribution in [2.45, 2.75) is 33.2 Å². The zero-order valence-corrected chi connectivity index (χ0v) is 18.7. The lowest BCUT2D eigenvalue weighted by Crippen LogP contribution is -2.60. The highest BCUT2D eigenvalue weighted by atomic mass is 19.1. The number of aliphatic imine (C=N–C) groups is 1. The second-order valence-corrected chi connectivity index (χ2v) is 8.05. The molecule has 2 N–H and O–H groups in total. The Morgan fingerprint density at radius 3 is 2.72 bits per heavy atom. The van der Waals surface area contributed by atoms with E-state index in [1.807, 2.05) is 30.5 Å². The lowest BCUT2D eigenvalue weighted by atomic mass is 10.00. The molecule has 1 heterocycles. The molecular formula is C24H29FN6O. The number of guanidine groups is 1. The molecule has 1 atom stereocenters. The molecule has 8 heteroatoms. The van der Waals surface area contributed by atoms with Gasteiger partial charge in [0.2, 0.25) is 5.96 Å². The Hall–Kier alpha value is -3.60. The first-order chi connectivity index (χ1) is 15.4. The van der Waals surface area contributed by atoms with E-state index in [9.17, 15) is 14.4 Å². The summed E-state index contributed by atoms with van der Waals surface area (Å²) in [5.74, 6) is 0.285. The van der Waals surface area contributed by atoms with Gasteiger partial charge in [0.15, 0.2) is 6.19 Å². The van der Waals surface area contributed by atoms with Gasteiger partial charge in [0.25, 0.3) is 0 Å². The maximum absolute atomic E-state index is 13.5. The van der Waals surface area contributed by atoms with E-state index in [1.54, 1.807) is 17.0 Å². The van der Waals surface area contributed by atoms with Gasteiger partial charge in [-0.05, 0) is 42.2 Å². The van der Waals surface area contributed by atoms with Gasteiger partial charge < -0.3 is 15.1 Å². The van der Waals surface area contributed by atoms with Gasteiger partial charge in [-0.1, -0.05) is 45.0 Å². The van der Waals surface area contributed by atoms with Crippen molar-refractivity contribution in [3.63, 3.8) is 0 Å². The molecule has 2 aromatic carbocycles. The number of urea groups is 1. The van der Waals surface area contributed by atoms with E-state index in [1.165, 1.54) is 12.1 Å². The van der Waals surface area contributed by atoms with Crippen molar-refractivity contribution < 1.29 is 9.18 Å². The first-order valence-corrected chi connectivity index (χ1v) is 10.8. The summed E-state index contributed by atoms with van der Waals surface area (Å²) in [6.07, 6.45) is 2.84. The first kappa shape index (κ1) is 23.1. The molecule has 32 heavy (non-hydrogen) atoms. The molecule has 0 spiro atoms. The summed E-state index contributed by atoms with van der Waals surface area (Å²) in [7, 11) is 0. The van der Waals surface area contributed by atoms with Crippen LogP contribution in [0.5, 0.6) is 0 Å². The Balaban J connectivity index is 1.81. The summed E-state index contributed by atoms with van der Waals surface area (Å²) in [6, 6.07) is 13.4. The predicted molar refractivity (Wildman–Crippen MR) is 124 cm³/mol. The summed E-state index contributed by atoms with van der Waals surface area (Å²) >= 11 is 0. The van der Waals surface area contributed by atoms with Crippen LogP contribution in [0.2, 0.25) is 0 Å². The molecule has 0 aromatic heterocycles. The lowest BCUT2D eigenvalue weighted by Gasteiger charge is -2.44. The maximum atomic E-state index is 13.5. The number of hydrogen-bond acceptors (Lipinski definition) is 3. The van der Waals surface area contributed by atoms with Crippen LogP contribution in [0.25, 0.3) is 0 Å². The fraction of sp³-hybridized carbons (Fsp3) is 0.375. The molecular weight excluding hydrogens is 407 g/mol. The monoisotopic (exact) mass is 436 g/mol. The highest BCUT2D eigenvalue weighted by Crippen LogP contribution is 2.23. The minimum atomic E-state index is -0.400. The van der Waals surface area contributed by atoms with Crippen LogP contribution in [0.1, 0.15) is 26.3 Å². The topological polar surface area (TPSA) is 83.8 Å². The van der Waals surface area contributed by atoms with Crippen LogP contribution in [0.15, 0.2) is 53.5 Å². The number of nitrogens with zero attached hydrogens (tertiary/aromatic N) is 4. The van der Waals surface area contributed by atoms with Crippen molar-refractivity contribution in [2.24, 2.45) is 10.9 Å². The lowest BCUT2D eigenvalue weighted by molar-refractivity contribution is 0.118. The van der Waals surface area contributed by atoms with Gasteiger partial charge in [0, 0.05) is 25.3 Å². The minimum Gasteiger partial charge on any atom is -0.335 e. The number of benzene rings is 2. The van der Waals surface area contributed by atoms with Crippen LogP contribution in [-0.4, -0.2) is 47.5 Å². The van der Waals surface area contributed by atoms with E-state index >= 15 is 0 Å². The van der Waals surface area contributed by atoms with E-state index in [0.717, 1.165) is 17.7 Å². The molecule has 7 nitrogen and oxygen atoms in total. The van der Waals surface area contributed by atoms with Gasteiger partial charge >= 0.3 is 6.03 Å². The number of anilines is 1. The van der Waals surface area contributed by atoms with E-state index in [0.29, 0.717) is 31.3 Å². The number of aryl methyl sites for hydroxylation is 1. The number of nitriles is 1. The summed E-state index contributed by atoms with van der Waals surface area (Å²) in [5.41, 5.74) is 2.34. The third-order valence-electron chi connectivity index (χ3n) is 5.59. The first-order valence-electron chi connectivity index (χ1n) is 10.8. The van der Waals surface area contributed by atoms with Crippen LogP contribution in [-0.2, 0) is 6.42 Å². The number of nitrogens with one attached hydrogen (secondary N) is 2. The number of carbonyl (C=O) groups is 1. The number of rotatable bonds is 4. The SMILES string of the molecule is CCc1ccccc1N=C(NC#N)N1CCN(C(=O)Nc2cccc(F)c2)CC1C(C)C. The molecule has 2 aromatic rings. The van der Waals surface area contributed by atoms with E-state index < -0.39 is 5.82 Å². The van der Waals surface area contributed by atoms with Crippen molar-refractivity contribution in [3.05, 3.63) is 59.9 Å². The van der Waals surface area contributed by atoms with Crippen LogP contribution >= 0.6 is 0 Å². The fourth-order valence-electron chi connectivity index (χ4n) is 3.84. The molecule has 0 radical (unpaired) electrons. The van der Waals surface area contributed by atoms with Gasteiger partial charge in [-0.15, -0.1) is 0 Å². The molecule has 3 rings (SSSR count). The Kier molecular flexibility index (Phi) is 7.66. The van der Waals surface area contributed by atoms with E-state index in [4.69, 9.17) is 4.99 Å². The molecule has 1 fully saturated rings. The fourth-order valence-corrected chi connectivity index (χ4v) is 3.84. The molecule has 1 unspecified atom stereocenters. The van der Waals surface area contributed by atoms with Gasteiger partial charge in [0.05, 0.1) is 11.7 Å². The molecule has 0 aliphatic carbocycles. The number of para-hydroxylation sites is 1. The third kappa shape index (κ3) is 5.55. The average Bonchev–Trinajstić information content (AvgIpc) is 2.78. The molecule has 168 valence electrons. The quantitative estimate of drug-likeness (QED) is 0.324. The van der Waals surface area contributed by atoms with Crippen LogP contribution in [0.4, 0.5) is 20.6 Å². The molecule has 1 aliphatic heterocycles. The highest BCUT2D eigenvalue weighted by Gasteiger charge is 2.33. The largest absolute Gasteiger partial charge is 0.335 e.